The number of hydrogen-bond acceptors (Lipinski definition) is 5. The van der Waals surface area contributed by atoms with E-state index in [0.717, 1.165) is 22.4 Å². The molecule has 116 valence electrons. The number of nitrogens with two attached hydrogens (primary N) is 2. The maximum Gasteiger partial charge on any atom is 0.221 e. The Bertz CT molecular complexity index is 790. The van der Waals surface area contributed by atoms with Crippen LogP contribution in [-0.4, -0.2) is 9.97 Å². The molecule has 0 unspecified atom stereocenters. The first-order chi connectivity index (χ1) is 11.2. The van der Waals surface area contributed by atoms with Gasteiger partial charge in [0.2, 0.25) is 5.95 Å². The molecule has 0 fully saturated rings. The van der Waals surface area contributed by atoms with Gasteiger partial charge in [-0.15, -0.1) is 0 Å². The van der Waals surface area contributed by atoms with Crippen LogP contribution in [0.15, 0.2) is 60.8 Å². The minimum Gasteiger partial charge on any atom is -0.489 e. The molecule has 3 aromatic rings. The summed E-state index contributed by atoms with van der Waals surface area (Å²) >= 11 is 0. The lowest BCUT2D eigenvalue weighted by molar-refractivity contribution is 0.303. The normalized spacial score (nSPS) is 10.4. The van der Waals surface area contributed by atoms with Gasteiger partial charge >= 0.3 is 0 Å². The van der Waals surface area contributed by atoms with E-state index in [-0.39, 0.29) is 5.95 Å². The molecule has 0 saturated heterocycles. The van der Waals surface area contributed by atoms with Crippen LogP contribution in [0.5, 0.6) is 5.75 Å². The predicted octanol–water partition coefficient (Wildman–Crippen LogP) is 2.81. The van der Waals surface area contributed by atoms with Crippen molar-refractivity contribution in [2.75, 3.05) is 11.5 Å². The molecular weight excluding hydrogens is 288 g/mol. The Labute approximate surface area is 135 Å². The summed E-state index contributed by atoms with van der Waals surface area (Å²) in [5.74, 6) is 1.41. The van der Waals surface area contributed by atoms with Crippen LogP contribution in [0.25, 0.3) is 0 Å². The second-order valence-corrected chi connectivity index (χ2v) is 5.20. The largest absolute Gasteiger partial charge is 0.489 e. The summed E-state index contributed by atoms with van der Waals surface area (Å²) in [6, 6.07) is 17.9. The van der Waals surface area contributed by atoms with Crippen LogP contribution >= 0.6 is 0 Å². The summed E-state index contributed by atoms with van der Waals surface area (Å²) in [5, 5.41) is 0. The maximum absolute atomic E-state index is 5.95. The van der Waals surface area contributed by atoms with E-state index in [1.165, 1.54) is 0 Å². The Kier molecular flexibility index (Phi) is 4.38. The average molecular weight is 306 g/mol. The van der Waals surface area contributed by atoms with Crippen LogP contribution in [0.2, 0.25) is 0 Å². The SMILES string of the molecule is Nc1ncc(Cc2ccccc2OCc2ccccc2)c(N)n1. The Balaban J connectivity index is 1.77. The lowest BCUT2D eigenvalue weighted by atomic mass is 10.1. The lowest BCUT2D eigenvalue weighted by Crippen LogP contribution is -2.05. The molecule has 0 amide bonds. The van der Waals surface area contributed by atoms with E-state index in [1.807, 2.05) is 54.6 Å². The molecule has 0 aliphatic heterocycles. The standard InChI is InChI=1S/C18H18N4O/c19-17-15(11-21-18(20)22-17)10-14-8-4-5-9-16(14)23-12-13-6-2-1-3-7-13/h1-9,11H,10,12H2,(H4,19,20,21,22). The lowest BCUT2D eigenvalue weighted by Gasteiger charge is -2.12. The maximum atomic E-state index is 5.95. The molecule has 3 rings (SSSR count). The van der Waals surface area contributed by atoms with E-state index in [2.05, 4.69) is 9.97 Å². The third-order valence-corrected chi connectivity index (χ3v) is 3.51. The second-order valence-electron chi connectivity index (χ2n) is 5.20. The van der Waals surface area contributed by atoms with Crippen LogP contribution in [0.1, 0.15) is 16.7 Å². The minimum absolute atomic E-state index is 0.180. The fourth-order valence-corrected chi connectivity index (χ4v) is 2.30. The van der Waals surface area contributed by atoms with Crippen LogP contribution < -0.4 is 16.2 Å². The molecule has 0 aliphatic carbocycles. The molecule has 0 aliphatic rings. The quantitative estimate of drug-likeness (QED) is 0.757. The zero-order valence-corrected chi connectivity index (χ0v) is 12.6. The number of nitrogen functional groups attached to an aromatic ring is 2. The van der Waals surface area contributed by atoms with Gasteiger partial charge in [0.1, 0.15) is 18.2 Å². The molecule has 0 bridgehead atoms. The first-order valence-electron chi connectivity index (χ1n) is 7.34. The highest BCUT2D eigenvalue weighted by Gasteiger charge is 2.08. The molecule has 1 heterocycles. The molecule has 1 aromatic heterocycles. The number of hydrogen-bond donors (Lipinski definition) is 2. The summed E-state index contributed by atoms with van der Waals surface area (Å²) < 4.78 is 5.95. The molecule has 0 saturated carbocycles. The van der Waals surface area contributed by atoms with E-state index in [9.17, 15) is 0 Å². The number of anilines is 2. The Morgan fingerprint density at radius 2 is 1.61 bits per heavy atom. The Morgan fingerprint density at radius 3 is 2.39 bits per heavy atom. The van der Waals surface area contributed by atoms with Crippen LogP contribution in [-0.2, 0) is 13.0 Å². The van der Waals surface area contributed by atoms with E-state index >= 15 is 0 Å². The summed E-state index contributed by atoms with van der Waals surface area (Å²) in [6.45, 7) is 0.519. The number of para-hydroxylation sites is 1. The van der Waals surface area contributed by atoms with Crippen LogP contribution in [0.3, 0.4) is 0 Å². The highest BCUT2D eigenvalue weighted by molar-refractivity contribution is 5.46. The van der Waals surface area contributed by atoms with Crippen LogP contribution in [0, 0.1) is 0 Å². The summed E-state index contributed by atoms with van der Waals surface area (Å²) in [5.41, 5.74) is 14.4. The zero-order chi connectivity index (χ0) is 16.1. The van der Waals surface area contributed by atoms with Gasteiger partial charge in [-0.3, -0.25) is 0 Å². The van der Waals surface area contributed by atoms with Gasteiger partial charge in [0.25, 0.3) is 0 Å². The van der Waals surface area contributed by atoms with E-state index in [4.69, 9.17) is 16.2 Å². The highest BCUT2D eigenvalue weighted by Crippen LogP contribution is 2.24. The van der Waals surface area contributed by atoms with Crippen LogP contribution in [0.4, 0.5) is 11.8 Å². The van der Waals surface area contributed by atoms with Crippen molar-refractivity contribution in [3.63, 3.8) is 0 Å². The predicted molar refractivity (Wildman–Crippen MR) is 90.9 cm³/mol. The Hall–Kier alpha value is -3.08. The van der Waals surface area contributed by atoms with Crippen molar-refractivity contribution in [2.24, 2.45) is 0 Å². The van der Waals surface area contributed by atoms with Crippen molar-refractivity contribution in [2.45, 2.75) is 13.0 Å². The Morgan fingerprint density at radius 1 is 0.870 bits per heavy atom. The molecule has 0 spiro atoms. The van der Waals surface area contributed by atoms with Crippen molar-refractivity contribution >= 4 is 11.8 Å². The smallest absolute Gasteiger partial charge is 0.221 e. The third-order valence-electron chi connectivity index (χ3n) is 3.51. The van der Waals surface area contributed by atoms with Crippen molar-refractivity contribution in [1.82, 2.24) is 9.97 Å². The van der Waals surface area contributed by atoms with Gasteiger partial charge in [-0.2, -0.15) is 4.98 Å². The monoisotopic (exact) mass is 306 g/mol. The van der Waals surface area contributed by atoms with Gasteiger partial charge in [0.05, 0.1) is 0 Å². The van der Waals surface area contributed by atoms with E-state index in [1.54, 1.807) is 6.20 Å². The number of ether oxygens (including phenoxy) is 1. The fraction of sp³-hybridized carbons (Fsp3) is 0.111. The average Bonchev–Trinajstić information content (AvgIpc) is 2.57. The first kappa shape index (κ1) is 14.8. The van der Waals surface area contributed by atoms with Gasteiger partial charge < -0.3 is 16.2 Å². The van der Waals surface area contributed by atoms with Crippen molar-refractivity contribution < 1.29 is 4.74 Å². The summed E-state index contributed by atoms with van der Waals surface area (Å²) in [4.78, 5) is 8.00. The van der Waals surface area contributed by atoms with Gasteiger partial charge in [0, 0.05) is 18.2 Å². The molecule has 5 heteroatoms. The topological polar surface area (TPSA) is 87.0 Å². The van der Waals surface area contributed by atoms with E-state index in [0.29, 0.717) is 18.8 Å². The minimum atomic E-state index is 0.180. The summed E-state index contributed by atoms with van der Waals surface area (Å²) in [7, 11) is 0. The van der Waals surface area contributed by atoms with Gasteiger partial charge in [-0.05, 0) is 17.2 Å². The van der Waals surface area contributed by atoms with Gasteiger partial charge in [-0.25, -0.2) is 4.98 Å². The highest BCUT2D eigenvalue weighted by atomic mass is 16.5. The molecule has 4 N–H and O–H groups in total. The molecule has 23 heavy (non-hydrogen) atoms. The van der Waals surface area contributed by atoms with Gasteiger partial charge in [-0.1, -0.05) is 48.5 Å². The van der Waals surface area contributed by atoms with Crippen molar-refractivity contribution in [3.8, 4) is 5.75 Å². The fourth-order valence-electron chi connectivity index (χ4n) is 2.30. The van der Waals surface area contributed by atoms with Gasteiger partial charge in [0.15, 0.2) is 0 Å². The molecular formula is C18H18N4O. The number of benzene rings is 2. The molecule has 2 aromatic carbocycles. The number of nitrogens with zero attached hydrogens (tertiary/aromatic N) is 2. The molecule has 5 nitrogen and oxygen atoms in total. The third kappa shape index (κ3) is 3.77. The van der Waals surface area contributed by atoms with Crippen molar-refractivity contribution in [1.29, 1.82) is 0 Å². The molecule has 0 radical (unpaired) electrons. The number of aromatic nitrogens is 2. The zero-order valence-electron chi connectivity index (χ0n) is 12.6. The second kappa shape index (κ2) is 6.79. The van der Waals surface area contributed by atoms with E-state index < -0.39 is 0 Å². The molecule has 0 atom stereocenters. The summed E-state index contributed by atoms with van der Waals surface area (Å²) in [6.07, 6.45) is 2.25. The number of rotatable bonds is 5. The first-order valence-corrected chi connectivity index (χ1v) is 7.34. The van der Waals surface area contributed by atoms with Crippen molar-refractivity contribution in [3.05, 3.63) is 77.5 Å².